The van der Waals surface area contributed by atoms with Gasteiger partial charge in [-0.15, -0.1) is 0 Å². The Morgan fingerprint density at radius 1 is 0.353 bits per heavy atom. The smallest absolute Gasteiger partial charge is 0.0835 e. The Labute approximate surface area is 206 Å². The Hall–Kier alpha value is -0.240. The van der Waals surface area contributed by atoms with E-state index in [0.717, 1.165) is 38.5 Å². The fourth-order valence-corrected chi connectivity index (χ4v) is 10.7. The molecule has 0 aromatic rings. The van der Waals surface area contributed by atoms with Gasteiger partial charge in [-0.3, -0.25) is 0 Å². The molecule has 0 aromatic carbocycles. The zero-order chi connectivity index (χ0) is 24.4. The van der Waals surface area contributed by atoms with Gasteiger partial charge in [0.25, 0.3) is 0 Å². The second-order valence-electron chi connectivity index (χ2n) is 12.4. The molecule has 6 rings (SSSR count). The van der Waals surface area contributed by atoms with E-state index < -0.39 is 0 Å². The van der Waals surface area contributed by atoms with Crippen LogP contribution in [0.3, 0.4) is 0 Å². The molecule has 14 atom stereocenters. The molecule has 2 bridgehead atoms. The van der Waals surface area contributed by atoms with Crippen molar-refractivity contribution in [1.29, 1.82) is 0 Å². The Kier molecular flexibility index (Phi) is 6.92. The van der Waals surface area contributed by atoms with Crippen molar-refractivity contribution in [1.82, 2.24) is 0 Å². The van der Waals surface area contributed by atoms with Crippen LogP contribution in [-0.2, 0) is 28.4 Å². The summed E-state index contributed by atoms with van der Waals surface area (Å²) >= 11 is 0. The van der Waals surface area contributed by atoms with Crippen LogP contribution in [0, 0.1) is 46.3 Å². The van der Waals surface area contributed by atoms with Crippen molar-refractivity contribution in [2.45, 2.75) is 89.0 Å². The van der Waals surface area contributed by atoms with E-state index in [2.05, 4.69) is 13.8 Å². The van der Waals surface area contributed by atoms with Crippen molar-refractivity contribution < 1.29 is 28.4 Å². The monoisotopic (exact) mass is 480 g/mol. The van der Waals surface area contributed by atoms with E-state index in [-0.39, 0.29) is 47.5 Å². The molecule has 0 radical (unpaired) electrons. The Morgan fingerprint density at radius 3 is 0.618 bits per heavy atom. The van der Waals surface area contributed by atoms with Gasteiger partial charge in [0.15, 0.2) is 0 Å². The molecule has 0 heterocycles. The molecular weight excluding hydrogens is 432 g/mol. The highest BCUT2D eigenvalue weighted by Crippen LogP contribution is 2.78. The molecule has 6 fully saturated rings. The third-order valence-corrected chi connectivity index (χ3v) is 12.2. The molecule has 0 N–H and O–H groups in total. The number of hydrogen-bond donors (Lipinski definition) is 0. The van der Waals surface area contributed by atoms with Crippen molar-refractivity contribution in [2.75, 3.05) is 42.7 Å². The van der Waals surface area contributed by atoms with Crippen LogP contribution in [0.1, 0.15) is 52.4 Å². The SMILES string of the molecule is CO[C@H]1C[C@H]2[C@@H](C[C@H]1OC)C1(C)[C@@H]3C[C@H](OC)[C@H](OC)C[C@@H]3C2(C)[C@@H]2C[C@H](OC)[C@H](OC)C[C@@H]21. The number of hydrogen-bond acceptors (Lipinski definition) is 6. The van der Waals surface area contributed by atoms with Crippen LogP contribution in [0.2, 0.25) is 0 Å². The molecule has 0 aromatic heterocycles. The molecule has 34 heavy (non-hydrogen) atoms. The van der Waals surface area contributed by atoms with Crippen LogP contribution in [0.4, 0.5) is 0 Å². The van der Waals surface area contributed by atoms with Crippen molar-refractivity contribution in [3.05, 3.63) is 0 Å². The van der Waals surface area contributed by atoms with Gasteiger partial charge in [0.1, 0.15) is 0 Å². The van der Waals surface area contributed by atoms with E-state index in [4.69, 9.17) is 28.4 Å². The van der Waals surface area contributed by atoms with Crippen molar-refractivity contribution in [3.8, 4) is 0 Å². The van der Waals surface area contributed by atoms with Crippen LogP contribution < -0.4 is 0 Å². The van der Waals surface area contributed by atoms with E-state index in [1.165, 1.54) is 0 Å². The third-order valence-electron chi connectivity index (χ3n) is 12.2. The lowest BCUT2D eigenvalue weighted by Crippen LogP contribution is -2.75. The summed E-state index contributed by atoms with van der Waals surface area (Å²) < 4.78 is 36.2. The number of methoxy groups -OCH3 is 6. The molecule has 6 nitrogen and oxygen atoms in total. The predicted molar refractivity (Wildman–Crippen MR) is 130 cm³/mol. The maximum atomic E-state index is 6.04. The first-order valence-electron chi connectivity index (χ1n) is 13.5. The maximum Gasteiger partial charge on any atom is 0.0835 e. The first-order valence-corrected chi connectivity index (χ1v) is 13.5. The average molecular weight is 481 g/mol. The molecule has 0 amide bonds. The second-order valence-corrected chi connectivity index (χ2v) is 12.4. The largest absolute Gasteiger partial charge is 0.379 e. The van der Waals surface area contributed by atoms with Gasteiger partial charge < -0.3 is 28.4 Å². The summed E-state index contributed by atoms with van der Waals surface area (Å²) in [4.78, 5) is 0. The van der Waals surface area contributed by atoms with E-state index in [0.29, 0.717) is 35.5 Å². The van der Waals surface area contributed by atoms with Crippen LogP contribution in [0.15, 0.2) is 0 Å². The van der Waals surface area contributed by atoms with E-state index >= 15 is 0 Å². The molecular formula is C28H48O6. The Bertz CT molecular complexity index is 577. The average Bonchev–Trinajstić information content (AvgIpc) is 2.88. The molecule has 6 saturated carbocycles. The Balaban J connectivity index is 1.62. The second kappa shape index (κ2) is 9.25. The Morgan fingerprint density at radius 2 is 0.500 bits per heavy atom. The molecule has 0 saturated heterocycles. The highest BCUT2D eigenvalue weighted by Gasteiger charge is 2.75. The molecule has 0 spiro atoms. The summed E-state index contributed by atoms with van der Waals surface area (Å²) in [6.07, 6.45) is 7.58. The van der Waals surface area contributed by atoms with Gasteiger partial charge in [0.2, 0.25) is 0 Å². The summed E-state index contributed by atoms with van der Waals surface area (Å²) in [6.45, 7) is 5.27. The lowest BCUT2D eigenvalue weighted by molar-refractivity contribution is -0.325. The van der Waals surface area contributed by atoms with Crippen LogP contribution in [0.25, 0.3) is 0 Å². The van der Waals surface area contributed by atoms with E-state index in [9.17, 15) is 0 Å². The zero-order valence-electron chi connectivity index (χ0n) is 22.6. The summed E-state index contributed by atoms with van der Waals surface area (Å²) in [6, 6.07) is 0. The van der Waals surface area contributed by atoms with Crippen molar-refractivity contribution in [3.63, 3.8) is 0 Å². The minimum Gasteiger partial charge on any atom is -0.379 e. The third kappa shape index (κ3) is 3.28. The number of rotatable bonds is 6. The summed E-state index contributed by atoms with van der Waals surface area (Å²) in [5, 5.41) is 0. The summed E-state index contributed by atoms with van der Waals surface area (Å²) in [5.74, 6) is 3.78. The maximum absolute atomic E-state index is 6.04. The highest BCUT2D eigenvalue weighted by atomic mass is 16.5. The first kappa shape index (κ1) is 25.4. The quantitative estimate of drug-likeness (QED) is 0.568. The van der Waals surface area contributed by atoms with Crippen LogP contribution >= 0.6 is 0 Å². The summed E-state index contributed by atoms with van der Waals surface area (Å²) in [7, 11) is 11.2. The van der Waals surface area contributed by atoms with E-state index in [1.54, 1.807) is 0 Å². The van der Waals surface area contributed by atoms with Gasteiger partial charge in [-0.1, -0.05) is 13.8 Å². The topological polar surface area (TPSA) is 55.4 Å². The lowest BCUT2D eigenvalue weighted by Gasteiger charge is -2.78. The van der Waals surface area contributed by atoms with Crippen molar-refractivity contribution in [2.24, 2.45) is 46.3 Å². The zero-order valence-corrected chi connectivity index (χ0v) is 22.6. The minimum absolute atomic E-state index is 0.171. The molecule has 0 aliphatic heterocycles. The van der Waals surface area contributed by atoms with Crippen molar-refractivity contribution >= 4 is 0 Å². The van der Waals surface area contributed by atoms with Crippen LogP contribution in [0.5, 0.6) is 0 Å². The standard InChI is InChI=1S/C28H48O6/c1-27-15-9-21(29-3)24(32-6)12-18(15)28(2,19-13-25(33-7)22(30-4)10-16(19)27)20-14-26(34-8)23(31-5)11-17(20)27/h15-26H,9-14H2,1-8H3/t15-,16-,17+,18+,19+,20-,21-,22+,23-,24+,25-,26+,27?,28?. The lowest BCUT2D eigenvalue weighted by atomic mass is 9.27. The fourth-order valence-electron chi connectivity index (χ4n) is 10.7. The number of ether oxygens (including phenoxy) is 6. The molecule has 2 unspecified atom stereocenters. The normalized spacial score (nSPS) is 56.5. The van der Waals surface area contributed by atoms with Gasteiger partial charge in [0, 0.05) is 42.7 Å². The molecule has 6 heteroatoms. The minimum atomic E-state index is 0.171. The summed E-state index contributed by atoms with van der Waals surface area (Å²) in [5.41, 5.74) is 0.441. The van der Waals surface area contributed by atoms with Gasteiger partial charge in [-0.25, -0.2) is 0 Å². The molecule has 196 valence electrons. The van der Waals surface area contributed by atoms with Gasteiger partial charge in [-0.05, 0) is 84.9 Å². The highest BCUT2D eigenvalue weighted by molar-refractivity contribution is 5.23. The first-order chi connectivity index (χ1) is 16.3. The molecule has 6 aliphatic carbocycles. The fraction of sp³-hybridized carbons (Fsp3) is 1.00. The predicted octanol–water partition coefficient (Wildman–Crippen LogP) is 4.19. The van der Waals surface area contributed by atoms with Gasteiger partial charge in [0.05, 0.1) is 36.6 Å². The van der Waals surface area contributed by atoms with E-state index in [1.807, 2.05) is 42.7 Å². The van der Waals surface area contributed by atoms with Gasteiger partial charge in [-0.2, -0.15) is 0 Å². The van der Waals surface area contributed by atoms with Gasteiger partial charge >= 0.3 is 0 Å². The van der Waals surface area contributed by atoms with Crippen LogP contribution in [-0.4, -0.2) is 79.3 Å². The molecule has 6 aliphatic rings.